The van der Waals surface area contributed by atoms with Crippen LogP contribution in [0.3, 0.4) is 0 Å². The van der Waals surface area contributed by atoms with E-state index in [0.717, 1.165) is 12.0 Å². The van der Waals surface area contributed by atoms with Crippen LogP contribution < -0.4 is 5.43 Å². The number of piperidine rings is 4. The van der Waals surface area contributed by atoms with Crippen LogP contribution in [-0.2, 0) is 0 Å². The highest BCUT2D eigenvalue weighted by molar-refractivity contribution is 4.91. The molecule has 0 aliphatic carbocycles. The lowest BCUT2D eigenvalue weighted by molar-refractivity contribution is -0.0225. The Morgan fingerprint density at radius 3 is 2.12 bits per heavy atom. The van der Waals surface area contributed by atoms with Gasteiger partial charge >= 0.3 is 0 Å². The number of hydrogen-bond donors (Lipinski definition) is 1. The van der Waals surface area contributed by atoms with Gasteiger partial charge in [-0.15, -0.1) is 0 Å². The minimum atomic E-state index is 0.717. The maximum Gasteiger partial charge on any atom is 0.0371 e. The molecule has 3 heteroatoms. The third-order valence-electron chi connectivity index (χ3n) is 5.16. The van der Waals surface area contributed by atoms with E-state index < -0.39 is 0 Å². The summed E-state index contributed by atoms with van der Waals surface area (Å²) >= 11 is 0. The molecule has 0 spiro atoms. The molecular formula is C14H27N3. The summed E-state index contributed by atoms with van der Waals surface area (Å²) in [6, 6.07) is 2.16. The van der Waals surface area contributed by atoms with Gasteiger partial charge in [0.1, 0.15) is 0 Å². The van der Waals surface area contributed by atoms with Crippen LogP contribution in [0.5, 0.6) is 0 Å². The Morgan fingerprint density at radius 1 is 0.941 bits per heavy atom. The van der Waals surface area contributed by atoms with E-state index in [-0.39, 0.29) is 0 Å². The molecule has 3 unspecified atom stereocenters. The van der Waals surface area contributed by atoms with Gasteiger partial charge in [0.25, 0.3) is 0 Å². The molecule has 0 aromatic rings. The van der Waals surface area contributed by atoms with E-state index in [2.05, 4.69) is 29.2 Å². The van der Waals surface area contributed by atoms with Crippen LogP contribution in [0.2, 0.25) is 0 Å². The Labute approximate surface area is 106 Å². The molecule has 0 saturated carbocycles. The zero-order valence-electron chi connectivity index (χ0n) is 11.4. The van der Waals surface area contributed by atoms with Crippen molar-refractivity contribution in [1.82, 2.24) is 15.3 Å². The van der Waals surface area contributed by atoms with Crippen LogP contribution >= 0.6 is 0 Å². The lowest BCUT2D eigenvalue weighted by atomic mass is 9.84. The fraction of sp³-hybridized carbons (Fsp3) is 1.00. The van der Waals surface area contributed by atoms with Crippen molar-refractivity contribution in [3.05, 3.63) is 0 Å². The van der Waals surface area contributed by atoms with Crippen LogP contribution in [0.4, 0.5) is 0 Å². The van der Waals surface area contributed by atoms with Crippen molar-refractivity contribution < 1.29 is 0 Å². The smallest absolute Gasteiger partial charge is 0.0371 e. The van der Waals surface area contributed by atoms with Gasteiger partial charge in [0.05, 0.1) is 0 Å². The predicted molar refractivity (Wildman–Crippen MR) is 70.7 cm³/mol. The normalized spacial score (nSPS) is 47.3. The molecule has 4 rings (SSSR count). The van der Waals surface area contributed by atoms with Crippen molar-refractivity contribution >= 4 is 0 Å². The highest BCUT2D eigenvalue weighted by atomic mass is 15.6. The van der Waals surface area contributed by atoms with Gasteiger partial charge in [-0.25, -0.2) is 5.01 Å². The van der Waals surface area contributed by atoms with Gasteiger partial charge in [-0.1, -0.05) is 6.42 Å². The fourth-order valence-electron chi connectivity index (χ4n) is 3.98. The number of fused-ring (bicyclic) bond motifs is 3. The Morgan fingerprint density at radius 2 is 1.59 bits per heavy atom. The number of nitrogens with zero attached hydrogens (tertiary/aromatic N) is 2. The summed E-state index contributed by atoms with van der Waals surface area (Å²) in [5.41, 5.74) is 3.88. The number of nitrogens with one attached hydrogen (secondary N) is 1. The highest BCUT2D eigenvalue weighted by Crippen LogP contribution is 2.29. The third kappa shape index (κ3) is 2.38. The van der Waals surface area contributed by atoms with Gasteiger partial charge in [0, 0.05) is 24.7 Å². The van der Waals surface area contributed by atoms with Crippen LogP contribution in [0.1, 0.15) is 46.0 Å². The Hall–Kier alpha value is -0.120. The van der Waals surface area contributed by atoms with Gasteiger partial charge in [-0.05, 0) is 58.5 Å². The molecule has 98 valence electrons. The summed E-state index contributed by atoms with van der Waals surface area (Å²) in [5.74, 6) is 0.932. The van der Waals surface area contributed by atoms with Crippen LogP contribution in [0.25, 0.3) is 0 Å². The molecule has 4 saturated heterocycles. The molecule has 17 heavy (non-hydrogen) atoms. The first kappa shape index (κ1) is 11.9. The average molecular weight is 237 g/mol. The van der Waals surface area contributed by atoms with Crippen LogP contribution in [0, 0.1) is 5.92 Å². The summed E-state index contributed by atoms with van der Waals surface area (Å²) in [6.07, 6.45) is 6.94. The summed E-state index contributed by atoms with van der Waals surface area (Å²) in [7, 11) is 0. The first-order valence-corrected chi connectivity index (χ1v) is 7.51. The maximum atomic E-state index is 3.88. The Kier molecular flexibility index (Phi) is 3.42. The van der Waals surface area contributed by atoms with Crippen molar-refractivity contribution in [1.29, 1.82) is 0 Å². The standard InChI is InChI=1S/C14H27N3/c1-11-4-3-5-12(2)17(11)15-14-10-16-8-6-13(14)7-9-16/h11-15H,3-10H2,1-2H3. The second-order valence-corrected chi connectivity index (χ2v) is 6.41. The highest BCUT2D eigenvalue weighted by Gasteiger charge is 2.36. The van der Waals surface area contributed by atoms with E-state index in [1.165, 1.54) is 51.7 Å². The SMILES string of the molecule is CC1CCCC(C)N1NC1CN2CCC1CC2. The van der Waals surface area contributed by atoms with E-state index >= 15 is 0 Å². The van der Waals surface area contributed by atoms with Gasteiger partial charge < -0.3 is 4.90 Å². The lowest BCUT2D eigenvalue weighted by Crippen LogP contribution is -2.63. The summed E-state index contributed by atoms with van der Waals surface area (Å²) < 4.78 is 0. The molecule has 4 fully saturated rings. The monoisotopic (exact) mass is 237 g/mol. The second-order valence-electron chi connectivity index (χ2n) is 6.41. The molecule has 0 radical (unpaired) electrons. The Bertz CT molecular complexity index is 250. The molecule has 3 atom stereocenters. The van der Waals surface area contributed by atoms with Gasteiger partial charge in [-0.2, -0.15) is 0 Å². The van der Waals surface area contributed by atoms with Gasteiger partial charge in [-0.3, -0.25) is 5.43 Å². The van der Waals surface area contributed by atoms with Crippen molar-refractivity contribution in [3.8, 4) is 0 Å². The van der Waals surface area contributed by atoms with Crippen molar-refractivity contribution in [3.63, 3.8) is 0 Å². The quantitative estimate of drug-likeness (QED) is 0.791. The minimum absolute atomic E-state index is 0.717. The van der Waals surface area contributed by atoms with E-state index in [1.54, 1.807) is 0 Å². The van der Waals surface area contributed by atoms with Crippen LogP contribution in [0.15, 0.2) is 0 Å². The first-order chi connectivity index (χ1) is 8.24. The first-order valence-electron chi connectivity index (χ1n) is 7.51. The molecule has 0 amide bonds. The molecule has 1 N–H and O–H groups in total. The van der Waals surface area contributed by atoms with E-state index in [1.807, 2.05) is 0 Å². The molecule has 4 aliphatic heterocycles. The molecule has 3 nitrogen and oxygen atoms in total. The largest absolute Gasteiger partial charge is 0.302 e. The molecule has 2 bridgehead atoms. The molecular weight excluding hydrogens is 210 g/mol. The van der Waals surface area contributed by atoms with Crippen molar-refractivity contribution in [2.24, 2.45) is 5.92 Å². The summed E-state index contributed by atoms with van der Waals surface area (Å²) in [6.45, 7) is 8.72. The average Bonchev–Trinajstić information content (AvgIpc) is 2.36. The maximum absolute atomic E-state index is 3.88. The predicted octanol–water partition coefficient (Wildman–Crippen LogP) is 1.85. The van der Waals surface area contributed by atoms with Crippen molar-refractivity contribution in [2.75, 3.05) is 19.6 Å². The second kappa shape index (κ2) is 4.87. The summed E-state index contributed by atoms with van der Waals surface area (Å²) in [4.78, 5) is 2.64. The van der Waals surface area contributed by atoms with Gasteiger partial charge in [0.15, 0.2) is 0 Å². The topological polar surface area (TPSA) is 18.5 Å². The molecule has 4 aliphatic rings. The molecule has 4 heterocycles. The fourth-order valence-corrected chi connectivity index (χ4v) is 3.98. The Balaban J connectivity index is 1.62. The van der Waals surface area contributed by atoms with Crippen LogP contribution in [-0.4, -0.2) is 47.7 Å². The van der Waals surface area contributed by atoms with E-state index in [4.69, 9.17) is 0 Å². The summed E-state index contributed by atoms with van der Waals surface area (Å²) in [5, 5.41) is 2.57. The number of hydrogen-bond acceptors (Lipinski definition) is 3. The minimum Gasteiger partial charge on any atom is -0.302 e. The van der Waals surface area contributed by atoms with E-state index in [9.17, 15) is 0 Å². The lowest BCUT2D eigenvalue weighted by Gasteiger charge is -2.49. The van der Waals surface area contributed by atoms with Crippen molar-refractivity contribution in [2.45, 2.75) is 64.1 Å². The third-order valence-corrected chi connectivity index (χ3v) is 5.16. The number of hydrazine groups is 1. The zero-order chi connectivity index (χ0) is 11.8. The molecule has 0 aromatic heterocycles. The zero-order valence-corrected chi connectivity index (χ0v) is 11.4. The number of rotatable bonds is 2. The van der Waals surface area contributed by atoms with E-state index in [0.29, 0.717) is 12.1 Å². The molecule has 0 aromatic carbocycles. The van der Waals surface area contributed by atoms with Gasteiger partial charge in [0.2, 0.25) is 0 Å².